The van der Waals surface area contributed by atoms with Crippen LogP contribution in [0.4, 0.5) is 0 Å². The van der Waals surface area contributed by atoms with E-state index in [0.29, 0.717) is 18.5 Å². The van der Waals surface area contributed by atoms with E-state index in [4.69, 9.17) is 0 Å². The second-order valence-electron chi connectivity index (χ2n) is 6.79. The van der Waals surface area contributed by atoms with Crippen molar-refractivity contribution in [2.24, 2.45) is 0 Å². The Morgan fingerprint density at radius 1 is 1.15 bits per heavy atom. The third-order valence-electron chi connectivity index (χ3n) is 4.49. The van der Waals surface area contributed by atoms with Gasteiger partial charge in [0.25, 0.3) is 5.91 Å². The Balaban J connectivity index is 1.73. The predicted molar refractivity (Wildman–Crippen MR) is 106 cm³/mol. The molecule has 2 aromatic rings. The molecule has 0 N–H and O–H groups in total. The molecule has 0 radical (unpaired) electrons. The summed E-state index contributed by atoms with van der Waals surface area (Å²) in [5.41, 5.74) is 2.91. The van der Waals surface area contributed by atoms with E-state index in [9.17, 15) is 13.2 Å². The molecule has 1 fully saturated rings. The van der Waals surface area contributed by atoms with Gasteiger partial charge in [0.1, 0.15) is 0 Å². The van der Waals surface area contributed by atoms with Crippen LogP contribution < -0.4 is 0 Å². The van der Waals surface area contributed by atoms with Crippen molar-refractivity contribution in [2.75, 3.05) is 18.6 Å². The number of hydrogen-bond acceptors (Lipinski definition) is 4. The summed E-state index contributed by atoms with van der Waals surface area (Å²) in [4.78, 5) is 15.5. The molecule has 1 amide bonds. The summed E-state index contributed by atoms with van der Waals surface area (Å²) >= 11 is 1.51. The van der Waals surface area contributed by atoms with E-state index in [1.807, 2.05) is 55.5 Å². The van der Waals surface area contributed by atoms with Gasteiger partial charge in [-0.25, -0.2) is 8.42 Å². The highest BCUT2D eigenvalue weighted by atomic mass is 32.2. The molecule has 1 atom stereocenters. The Kier molecular flexibility index (Phi) is 5.73. The molecule has 0 saturated carbocycles. The summed E-state index contributed by atoms with van der Waals surface area (Å²) < 4.78 is 23.4. The highest BCUT2D eigenvalue weighted by Crippen LogP contribution is 2.33. The van der Waals surface area contributed by atoms with Gasteiger partial charge in [-0.2, -0.15) is 0 Å². The first-order valence-electron chi connectivity index (χ1n) is 8.61. The van der Waals surface area contributed by atoms with Gasteiger partial charge in [0.05, 0.1) is 17.1 Å². The van der Waals surface area contributed by atoms with Gasteiger partial charge in [-0.1, -0.05) is 42.0 Å². The maximum atomic E-state index is 12.9. The van der Waals surface area contributed by atoms with Gasteiger partial charge in [-0.15, -0.1) is 11.8 Å². The quantitative estimate of drug-likeness (QED) is 0.785. The van der Waals surface area contributed by atoms with E-state index >= 15 is 0 Å². The second kappa shape index (κ2) is 7.84. The monoisotopic (exact) mass is 389 g/mol. The lowest BCUT2D eigenvalue weighted by atomic mass is 10.1. The van der Waals surface area contributed by atoms with Crippen molar-refractivity contribution >= 4 is 27.5 Å². The molecule has 0 aromatic heterocycles. The summed E-state index contributed by atoms with van der Waals surface area (Å²) in [5, 5.41) is 0.0244. The number of amides is 1. The van der Waals surface area contributed by atoms with Gasteiger partial charge in [0, 0.05) is 23.7 Å². The third-order valence-corrected chi connectivity index (χ3v) is 7.81. The van der Waals surface area contributed by atoms with Crippen molar-refractivity contribution in [3.63, 3.8) is 0 Å². The van der Waals surface area contributed by atoms with Crippen LogP contribution in [0.2, 0.25) is 0 Å². The largest absolute Gasteiger partial charge is 0.337 e. The van der Waals surface area contributed by atoms with Gasteiger partial charge in [0.2, 0.25) is 0 Å². The van der Waals surface area contributed by atoms with Crippen LogP contribution in [0.3, 0.4) is 0 Å². The molecule has 0 spiro atoms. The van der Waals surface area contributed by atoms with Gasteiger partial charge in [-0.3, -0.25) is 4.79 Å². The molecule has 1 aliphatic rings. The van der Waals surface area contributed by atoms with E-state index < -0.39 is 9.84 Å². The number of aryl methyl sites for hydroxylation is 1. The van der Waals surface area contributed by atoms with Crippen molar-refractivity contribution in [3.8, 4) is 0 Å². The van der Waals surface area contributed by atoms with Crippen molar-refractivity contribution in [1.82, 2.24) is 4.90 Å². The summed E-state index contributed by atoms with van der Waals surface area (Å²) in [6.45, 7) is 2.57. The molecular formula is C20H23NO3S2. The smallest absolute Gasteiger partial charge is 0.255 e. The topological polar surface area (TPSA) is 54.5 Å². The zero-order valence-electron chi connectivity index (χ0n) is 15.0. The Hall–Kier alpha value is -1.79. The minimum absolute atomic E-state index is 0.0244. The first-order valence-corrected chi connectivity index (χ1v) is 11.3. The van der Waals surface area contributed by atoms with Crippen LogP contribution in [-0.4, -0.2) is 43.0 Å². The summed E-state index contributed by atoms with van der Waals surface area (Å²) in [6, 6.07) is 15.6. The van der Waals surface area contributed by atoms with E-state index in [0.717, 1.165) is 10.5 Å². The van der Waals surface area contributed by atoms with Crippen molar-refractivity contribution < 1.29 is 13.2 Å². The minimum atomic E-state index is -2.93. The van der Waals surface area contributed by atoms with Crippen LogP contribution in [-0.2, 0) is 16.4 Å². The van der Waals surface area contributed by atoms with Crippen LogP contribution in [0.1, 0.15) is 27.9 Å². The second-order valence-corrected chi connectivity index (χ2v) is 10.4. The van der Waals surface area contributed by atoms with Crippen LogP contribution in [0, 0.1) is 6.92 Å². The molecule has 1 aliphatic heterocycles. The average molecular weight is 390 g/mol. The van der Waals surface area contributed by atoms with Gasteiger partial charge < -0.3 is 4.90 Å². The number of carbonyl (C=O) groups is 1. The molecule has 26 heavy (non-hydrogen) atoms. The van der Waals surface area contributed by atoms with Crippen LogP contribution in [0.5, 0.6) is 0 Å². The SMILES string of the molecule is Cc1ccc(CN(C)C(=O)c2ccccc2S[C@H]2CCS(=O)(=O)C2)cc1. The Bertz CT molecular complexity index is 892. The first-order chi connectivity index (χ1) is 12.3. The highest BCUT2D eigenvalue weighted by Gasteiger charge is 2.29. The molecule has 0 aliphatic carbocycles. The van der Waals surface area contributed by atoms with E-state index in [2.05, 4.69) is 0 Å². The number of sulfone groups is 1. The van der Waals surface area contributed by atoms with Gasteiger partial charge in [-0.05, 0) is 31.0 Å². The normalized spacial score (nSPS) is 18.6. The Morgan fingerprint density at radius 3 is 2.50 bits per heavy atom. The molecule has 3 rings (SSSR count). The van der Waals surface area contributed by atoms with E-state index in [-0.39, 0.29) is 22.7 Å². The van der Waals surface area contributed by atoms with E-state index in [1.54, 1.807) is 11.9 Å². The Morgan fingerprint density at radius 2 is 1.85 bits per heavy atom. The lowest BCUT2D eigenvalue weighted by molar-refractivity contribution is 0.0781. The molecule has 6 heteroatoms. The number of benzene rings is 2. The zero-order valence-corrected chi connectivity index (χ0v) is 16.6. The summed E-state index contributed by atoms with van der Waals surface area (Å²) in [6.07, 6.45) is 0.648. The standard InChI is InChI=1S/C20H23NO3S2/c1-15-7-9-16(10-8-15)13-21(2)20(22)18-5-3-4-6-19(18)25-17-11-12-26(23,24)14-17/h3-10,17H,11-14H2,1-2H3/t17-/m0/s1. The van der Waals surface area contributed by atoms with Crippen LogP contribution in [0.15, 0.2) is 53.4 Å². The van der Waals surface area contributed by atoms with Crippen molar-refractivity contribution in [1.29, 1.82) is 0 Å². The molecular weight excluding hydrogens is 366 g/mol. The maximum absolute atomic E-state index is 12.9. The van der Waals surface area contributed by atoms with Crippen molar-refractivity contribution in [3.05, 3.63) is 65.2 Å². The van der Waals surface area contributed by atoms with E-state index in [1.165, 1.54) is 17.3 Å². The van der Waals surface area contributed by atoms with Crippen LogP contribution >= 0.6 is 11.8 Å². The lowest BCUT2D eigenvalue weighted by Gasteiger charge is -2.20. The molecule has 138 valence electrons. The molecule has 2 aromatic carbocycles. The molecule has 1 saturated heterocycles. The molecule has 0 unspecified atom stereocenters. The zero-order chi connectivity index (χ0) is 18.7. The number of carbonyl (C=O) groups excluding carboxylic acids is 1. The number of rotatable bonds is 5. The highest BCUT2D eigenvalue weighted by molar-refractivity contribution is 8.02. The third kappa shape index (κ3) is 4.68. The average Bonchev–Trinajstić information content (AvgIpc) is 2.95. The number of hydrogen-bond donors (Lipinski definition) is 0. The number of nitrogens with zero attached hydrogens (tertiary/aromatic N) is 1. The molecule has 4 nitrogen and oxygen atoms in total. The number of thioether (sulfide) groups is 1. The molecule has 0 bridgehead atoms. The fourth-order valence-electron chi connectivity index (χ4n) is 3.02. The fraction of sp³-hybridized carbons (Fsp3) is 0.350. The fourth-order valence-corrected chi connectivity index (χ4v) is 6.65. The Labute approximate surface area is 159 Å². The van der Waals surface area contributed by atoms with Gasteiger partial charge in [0.15, 0.2) is 9.84 Å². The molecule has 1 heterocycles. The van der Waals surface area contributed by atoms with Crippen molar-refractivity contribution in [2.45, 2.75) is 30.0 Å². The van der Waals surface area contributed by atoms with Gasteiger partial charge >= 0.3 is 0 Å². The predicted octanol–water partition coefficient (Wildman–Crippen LogP) is 3.55. The minimum Gasteiger partial charge on any atom is -0.337 e. The van der Waals surface area contributed by atoms with Crippen LogP contribution in [0.25, 0.3) is 0 Å². The summed E-state index contributed by atoms with van der Waals surface area (Å²) in [7, 11) is -1.13. The first kappa shape index (κ1) is 19.0. The maximum Gasteiger partial charge on any atom is 0.255 e. The summed E-state index contributed by atoms with van der Waals surface area (Å²) in [5.74, 6) is 0.391. The lowest BCUT2D eigenvalue weighted by Crippen LogP contribution is -2.26.